The summed E-state index contributed by atoms with van der Waals surface area (Å²) in [7, 11) is -3.93. The number of carbonyl (C=O) groups is 1. The van der Waals surface area contributed by atoms with Gasteiger partial charge in [0.1, 0.15) is 0 Å². The molecule has 7 heteroatoms. The molecule has 0 saturated carbocycles. The maximum Gasteiger partial charge on any atom is 0.337 e. The van der Waals surface area contributed by atoms with Crippen LogP contribution in [-0.4, -0.2) is 19.5 Å². The zero-order chi connectivity index (χ0) is 15.5. The van der Waals surface area contributed by atoms with Gasteiger partial charge in [-0.3, -0.25) is 0 Å². The first-order valence-corrected chi connectivity index (χ1v) is 7.60. The van der Waals surface area contributed by atoms with Crippen LogP contribution in [0.3, 0.4) is 0 Å². The zero-order valence-electron chi connectivity index (χ0n) is 11.0. The number of benzene rings is 2. The van der Waals surface area contributed by atoms with Crippen LogP contribution in [0, 0.1) is 0 Å². The number of primary sulfonamides is 1. The van der Waals surface area contributed by atoms with Gasteiger partial charge >= 0.3 is 5.97 Å². The van der Waals surface area contributed by atoms with Crippen molar-refractivity contribution >= 4 is 21.7 Å². The molecule has 0 radical (unpaired) electrons. The van der Waals surface area contributed by atoms with Crippen molar-refractivity contribution in [3.05, 3.63) is 59.7 Å². The maximum atomic E-state index is 11.3. The van der Waals surface area contributed by atoms with Crippen molar-refractivity contribution in [2.75, 3.05) is 5.32 Å². The Hall–Kier alpha value is -2.38. The van der Waals surface area contributed by atoms with Gasteiger partial charge in [-0.15, -0.1) is 0 Å². The van der Waals surface area contributed by atoms with Crippen LogP contribution in [0.1, 0.15) is 15.9 Å². The summed E-state index contributed by atoms with van der Waals surface area (Å²) >= 11 is 0. The maximum absolute atomic E-state index is 11.3. The number of sulfonamides is 1. The molecule has 21 heavy (non-hydrogen) atoms. The van der Waals surface area contributed by atoms with Crippen LogP contribution in [0.4, 0.5) is 5.69 Å². The van der Waals surface area contributed by atoms with E-state index in [9.17, 15) is 18.3 Å². The van der Waals surface area contributed by atoms with Gasteiger partial charge in [-0.2, -0.15) is 0 Å². The third kappa shape index (κ3) is 3.80. The molecule has 0 bridgehead atoms. The fourth-order valence-electron chi connectivity index (χ4n) is 1.82. The average molecular weight is 306 g/mol. The summed E-state index contributed by atoms with van der Waals surface area (Å²) in [6.07, 6.45) is 0. The molecule has 2 aromatic carbocycles. The van der Waals surface area contributed by atoms with E-state index in [2.05, 4.69) is 5.32 Å². The third-order valence-corrected chi connectivity index (χ3v) is 3.79. The second-order valence-corrected chi connectivity index (χ2v) is 5.96. The van der Waals surface area contributed by atoms with E-state index in [0.717, 1.165) is 11.6 Å². The van der Waals surface area contributed by atoms with E-state index < -0.39 is 16.0 Å². The first-order chi connectivity index (χ1) is 9.88. The molecule has 0 unspecified atom stereocenters. The molecule has 0 atom stereocenters. The minimum Gasteiger partial charge on any atom is -0.478 e. The molecule has 0 amide bonds. The number of hydrogen-bond acceptors (Lipinski definition) is 4. The van der Waals surface area contributed by atoms with E-state index in [-0.39, 0.29) is 10.5 Å². The molecule has 2 rings (SSSR count). The molecular weight excluding hydrogens is 292 g/mol. The second-order valence-electron chi connectivity index (χ2n) is 4.40. The lowest BCUT2D eigenvalue weighted by atomic mass is 10.1. The monoisotopic (exact) mass is 306 g/mol. The SMILES string of the molecule is NS(=O)(=O)c1ccc(NCc2ccccc2)c(C(=O)O)c1. The Bertz CT molecular complexity index is 758. The lowest BCUT2D eigenvalue weighted by molar-refractivity contribution is 0.0697. The summed E-state index contributed by atoms with van der Waals surface area (Å²) < 4.78 is 22.5. The fourth-order valence-corrected chi connectivity index (χ4v) is 2.36. The summed E-state index contributed by atoms with van der Waals surface area (Å²) in [5.74, 6) is -1.23. The third-order valence-electron chi connectivity index (χ3n) is 2.88. The minimum atomic E-state index is -3.93. The van der Waals surface area contributed by atoms with Crippen molar-refractivity contribution in [3.8, 4) is 0 Å². The highest BCUT2D eigenvalue weighted by Gasteiger charge is 2.15. The van der Waals surface area contributed by atoms with Gasteiger partial charge in [0.15, 0.2) is 0 Å². The van der Waals surface area contributed by atoms with Crippen molar-refractivity contribution in [3.63, 3.8) is 0 Å². The van der Waals surface area contributed by atoms with Gasteiger partial charge < -0.3 is 10.4 Å². The number of aromatic carboxylic acids is 1. The number of nitrogens with one attached hydrogen (secondary N) is 1. The summed E-state index contributed by atoms with van der Waals surface area (Å²) in [5.41, 5.74) is 1.17. The Morgan fingerprint density at radius 3 is 2.38 bits per heavy atom. The smallest absolute Gasteiger partial charge is 0.337 e. The van der Waals surface area contributed by atoms with Crippen LogP contribution in [-0.2, 0) is 16.6 Å². The molecule has 6 nitrogen and oxygen atoms in total. The number of carboxylic acids is 1. The minimum absolute atomic E-state index is 0.141. The van der Waals surface area contributed by atoms with Crippen molar-refractivity contribution in [1.29, 1.82) is 0 Å². The molecule has 2 aromatic rings. The Kier molecular flexibility index (Phi) is 4.25. The normalized spacial score (nSPS) is 11.1. The summed E-state index contributed by atoms with van der Waals surface area (Å²) in [5, 5.41) is 17.2. The van der Waals surface area contributed by atoms with Crippen LogP contribution >= 0.6 is 0 Å². The molecular formula is C14H14N2O4S. The largest absolute Gasteiger partial charge is 0.478 e. The lowest BCUT2D eigenvalue weighted by Gasteiger charge is -2.11. The highest BCUT2D eigenvalue weighted by molar-refractivity contribution is 7.89. The fraction of sp³-hybridized carbons (Fsp3) is 0.0714. The molecule has 0 aliphatic carbocycles. The van der Waals surface area contributed by atoms with Crippen LogP contribution in [0.5, 0.6) is 0 Å². The average Bonchev–Trinajstić information content (AvgIpc) is 2.45. The standard InChI is InChI=1S/C14H14N2O4S/c15-21(19,20)11-6-7-13(12(8-11)14(17)18)16-9-10-4-2-1-3-5-10/h1-8,16H,9H2,(H,17,18)(H2,15,19,20). The molecule has 110 valence electrons. The highest BCUT2D eigenvalue weighted by atomic mass is 32.2. The van der Waals surface area contributed by atoms with Crippen molar-refractivity contribution in [1.82, 2.24) is 0 Å². The Morgan fingerprint density at radius 1 is 1.14 bits per heavy atom. The highest BCUT2D eigenvalue weighted by Crippen LogP contribution is 2.20. The van der Waals surface area contributed by atoms with Gasteiger partial charge in [0, 0.05) is 12.2 Å². The van der Waals surface area contributed by atoms with Gasteiger partial charge in [0.2, 0.25) is 10.0 Å². The molecule has 0 aliphatic rings. The van der Waals surface area contributed by atoms with Gasteiger partial charge in [0.25, 0.3) is 0 Å². The number of hydrogen-bond donors (Lipinski definition) is 3. The molecule has 0 aromatic heterocycles. The van der Waals surface area contributed by atoms with Crippen molar-refractivity contribution in [2.24, 2.45) is 5.14 Å². The first-order valence-electron chi connectivity index (χ1n) is 6.06. The number of nitrogens with two attached hydrogens (primary N) is 1. The summed E-state index contributed by atoms with van der Waals surface area (Å²) in [6, 6.07) is 13.1. The van der Waals surface area contributed by atoms with E-state index >= 15 is 0 Å². The van der Waals surface area contributed by atoms with Crippen LogP contribution in [0.2, 0.25) is 0 Å². The Morgan fingerprint density at radius 2 is 1.81 bits per heavy atom. The number of carboxylic acid groups (broad SMARTS) is 1. The zero-order valence-corrected chi connectivity index (χ0v) is 11.8. The predicted molar refractivity (Wildman–Crippen MR) is 78.5 cm³/mol. The Labute approximate surface area is 122 Å². The summed E-state index contributed by atoms with van der Waals surface area (Å²) in [4.78, 5) is 11.0. The number of rotatable bonds is 5. The first kappa shape index (κ1) is 15.0. The van der Waals surface area contributed by atoms with E-state index in [1.54, 1.807) is 0 Å². The van der Waals surface area contributed by atoms with Gasteiger partial charge in [-0.05, 0) is 23.8 Å². The second kappa shape index (κ2) is 5.94. The quantitative estimate of drug-likeness (QED) is 0.778. The van der Waals surface area contributed by atoms with Gasteiger partial charge in [0.05, 0.1) is 10.5 Å². The molecule has 0 heterocycles. The predicted octanol–water partition coefficient (Wildman–Crippen LogP) is 1.64. The molecule has 0 fully saturated rings. The van der Waals surface area contributed by atoms with Crippen LogP contribution in [0.25, 0.3) is 0 Å². The summed E-state index contributed by atoms with van der Waals surface area (Å²) in [6.45, 7) is 0.426. The topological polar surface area (TPSA) is 109 Å². The van der Waals surface area contributed by atoms with Crippen molar-refractivity contribution in [2.45, 2.75) is 11.4 Å². The van der Waals surface area contributed by atoms with Crippen LogP contribution < -0.4 is 10.5 Å². The molecule has 0 saturated heterocycles. The molecule has 0 spiro atoms. The Balaban J connectivity index is 2.29. The van der Waals surface area contributed by atoms with Gasteiger partial charge in [-0.1, -0.05) is 30.3 Å². The molecule has 0 aliphatic heterocycles. The van der Waals surface area contributed by atoms with Crippen molar-refractivity contribution < 1.29 is 18.3 Å². The van der Waals surface area contributed by atoms with E-state index in [1.165, 1.54) is 12.1 Å². The lowest BCUT2D eigenvalue weighted by Crippen LogP contribution is -2.14. The van der Waals surface area contributed by atoms with E-state index in [1.807, 2.05) is 30.3 Å². The van der Waals surface area contributed by atoms with Gasteiger partial charge in [-0.25, -0.2) is 18.4 Å². The number of anilines is 1. The van der Waals surface area contributed by atoms with E-state index in [4.69, 9.17) is 5.14 Å². The van der Waals surface area contributed by atoms with Crippen LogP contribution in [0.15, 0.2) is 53.4 Å². The van der Waals surface area contributed by atoms with E-state index in [0.29, 0.717) is 12.2 Å². The molecule has 4 N–H and O–H groups in total.